The van der Waals surface area contributed by atoms with Crippen LogP contribution in [-0.4, -0.2) is 50.4 Å². The zero-order valence-electron chi connectivity index (χ0n) is 26.1. The first-order valence-electron chi connectivity index (χ1n) is 13.9. The van der Waals surface area contributed by atoms with Gasteiger partial charge >= 0.3 is 12.1 Å². The van der Waals surface area contributed by atoms with Crippen LogP contribution in [0.2, 0.25) is 0 Å². The van der Waals surface area contributed by atoms with Crippen LogP contribution in [0.1, 0.15) is 72.8 Å². The Labute approximate surface area is 264 Å². The molecule has 0 saturated carbocycles. The molecule has 3 aromatic carbocycles. The van der Waals surface area contributed by atoms with Crippen molar-refractivity contribution in [1.82, 2.24) is 5.16 Å². The molecule has 46 heavy (non-hydrogen) atoms. The molecule has 0 unspecified atom stereocenters. The molecule has 13 heteroatoms. The second-order valence-corrected chi connectivity index (χ2v) is 11.8. The van der Waals surface area contributed by atoms with E-state index in [2.05, 4.69) is 15.8 Å². The molecule has 12 nitrogen and oxygen atoms in total. The number of carbonyl (C=O) groups excluding carboxylic acids is 3. The molecule has 1 aromatic heterocycles. The van der Waals surface area contributed by atoms with Crippen molar-refractivity contribution in [2.45, 2.75) is 52.7 Å². The number of benzene rings is 3. The fraction of sp³-hybridized carbons (Fsp3) is 0.242. The highest BCUT2D eigenvalue weighted by Gasteiger charge is 2.32. The van der Waals surface area contributed by atoms with Gasteiger partial charge in [-0.3, -0.25) is 14.5 Å². The van der Waals surface area contributed by atoms with Crippen molar-refractivity contribution in [3.8, 4) is 5.75 Å². The third-order valence-corrected chi connectivity index (χ3v) is 5.90. The molecule has 0 aliphatic carbocycles. The van der Waals surface area contributed by atoms with E-state index in [-0.39, 0.29) is 22.6 Å². The van der Waals surface area contributed by atoms with Gasteiger partial charge in [0.2, 0.25) is 5.76 Å². The van der Waals surface area contributed by atoms with E-state index in [1.54, 1.807) is 29.2 Å². The Kier molecular flexibility index (Phi) is 10.9. The molecule has 0 fully saturated rings. The quantitative estimate of drug-likeness (QED) is 0.175. The SMILES string of the molecule is CC(C)(C)OC(=O)N(c1ccc(NC(=O)c2ccno2)cc1)C(C)(C)C.O=C(O)c1ccc(NC(=O)c2ccccc2F)cc1O. The van der Waals surface area contributed by atoms with Gasteiger partial charge in [-0.25, -0.2) is 14.0 Å². The Morgan fingerprint density at radius 3 is 1.96 bits per heavy atom. The summed E-state index contributed by atoms with van der Waals surface area (Å²) in [6.45, 7) is 11.3. The maximum Gasteiger partial charge on any atom is 0.415 e. The Morgan fingerprint density at radius 1 is 0.826 bits per heavy atom. The number of aromatic hydroxyl groups is 1. The zero-order valence-corrected chi connectivity index (χ0v) is 26.1. The molecular weight excluding hydrogens is 599 g/mol. The average molecular weight is 635 g/mol. The normalized spacial score (nSPS) is 11.0. The molecule has 3 amide bonds. The van der Waals surface area contributed by atoms with Crippen LogP contribution in [-0.2, 0) is 4.74 Å². The lowest BCUT2D eigenvalue weighted by molar-refractivity contribution is 0.0549. The van der Waals surface area contributed by atoms with Crippen molar-refractivity contribution >= 4 is 40.9 Å². The van der Waals surface area contributed by atoms with E-state index in [1.165, 1.54) is 36.5 Å². The van der Waals surface area contributed by atoms with E-state index in [4.69, 9.17) is 14.4 Å². The van der Waals surface area contributed by atoms with Crippen LogP contribution in [0.15, 0.2) is 83.5 Å². The Bertz CT molecular complexity index is 1690. The van der Waals surface area contributed by atoms with Crippen molar-refractivity contribution in [3.05, 3.63) is 102 Å². The van der Waals surface area contributed by atoms with E-state index < -0.39 is 46.6 Å². The molecule has 0 aliphatic rings. The predicted molar refractivity (Wildman–Crippen MR) is 169 cm³/mol. The molecular formula is C33H35FN4O8. The summed E-state index contributed by atoms with van der Waals surface area (Å²) >= 11 is 0. The number of phenols is 1. The number of amides is 3. The Morgan fingerprint density at radius 2 is 1.43 bits per heavy atom. The molecule has 0 bridgehead atoms. The summed E-state index contributed by atoms with van der Waals surface area (Å²) < 4.78 is 23.7. The fourth-order valence-electron chi connectivity index (χ4n) is 3.93. The highest BCUT2D eigenvalue weighted by atomic mass is 19.1. The van der Waals surface area contributed by atoms with Gasteiger partial charge in [-0.2, -0.15) is 0 Å². The number of nitrogens with one attached hydrogen (secondary N) is 2. The summed E-state index contributed by atoms with van der Waals surface area (Å²) in [6, 6.07) is 17.4. The minimum Gasteiger partial charge on any atom is -0.507 e. The number of halogens is 1. The van der Waals surface area contributed by atoms with Crippen molar-refractivity contribution in [2.24, 2.45) is 0 Å². The van der Waals surface area contributed by atoms with Gasteiger partial charge in [0, 0.05) is 34.7 Å². The second kappa shape index (κ2) is 14.4. The first-order valence-corrected chi connectivity index (χ1v) is 13.9. The highest BCUT2D eigenvalue weighted by Crippen LogP contribution is 2.28. The van der Waals surface area contributed by atoms with Crippen molar-refractivity contribution in [3.63, 3.8) is 0 Å². The van der Waals surface area contributed by atoms with Crippen LogP contribution in [0.3, 0.4) is 0 Å². The number of nitrogens with zero attached hydrogens (tertiary/aromatic N) is 2. The van der Waals surface area contributed by atoms with Gasteiger partial charge in [-0.1, -0.05) is 17.3 Å². The lowest BCUT2D eigenvalue weighted by Crippen LogP contribution is -2.48. The van der Waals surface area contributed by atoms with Crippen molar-refractivity contribution < 1.29 is 43.0 Å². The van der Waals surface area contributed by atoms with E-state index in [9.17, 15) is 28.7 Å². The molecule has 0 aliphatic heterocycles. The van der Waals surface area contributed by atoms with Crippen LogP contribution in [0.5, 0.6) is 5.75 Å². The predicted octanol–water partition coefficient (Wildman–Crippen LogP) is 6.95. The van der Waals surface area contributed by atoms with Gasteiger partial charge in [0.15, 0.2) is 0 Å². The number of hydrogen-bond acceptors (Lipinski definition) is 8. The largest absolute Gasteiger partial charge is 0.507 e. The smallest absolute Gasteiger partial charge is 0.415 e. The molecule has 4 rings (SSSR count). The molecule has 0 atom stereocenters. The summed E-state index contributed by atoms with van der Waals surface area (Å²) in [7, 11) is 0. The van der Waals surface area contributed by atoms with Gasteiger partial charge in [-0.15, -0.1) is 0 Å². The van der Waals surface area contributed by atoms with Gasteiger partial charge in [0.1, 0.15) is 22.7 Å². The molecule has 4 aromatic rings. The summed E-state index contributed by atoms with van der Waals surface area (Å²) in [5, 5.41) is 26.8. The molecule has 4 N–H and O–H groups in total. The standard InChI is InChI=1S/C19H25N3O4.C14H10FNO4/c1-18(2,3)22(17(24)25-19(4,5)6)14-9-7-13(8-10-14)21-16(23)15-11-12-20-26-15;15-11-4-2-1-3-9(11)13(18)16-8-5-6-10(14(19)20)12(17)7-8/h7-12H,1-6H3,(H,21,23);1-7,17H,(H,16,18)(H,19,20). The summed E-state index contributed by atoms with van der Waals surface area (Å²) in [6.07, 6.45) is 0.975. The van der Waals surface area contributed by atoms with Gasteiger partial charge in [0.05, 0.1) is 11.8 Å². The number of hydrogen-bond donors (Lipinski definition) is 4. The first kappa shape index (κ1) is 34.8. The van der Waals surface area contributed by atoms with E-state index in [1.807, 2.05) is 41.5 Å². The lowest BCUT2D eigenvalue weighted by atomic mass is 10.1. The maximum atomic E-state index is 13.4. The second-order valence-electron chi connectivity index (χ2n) is 11.8. The molecule has 0 saturated heterocycles. The van der Waals surface area contributed by atoms with E-state index >= 15 is 0 Å². The van der Waals surface area contributed by atoms with E-state index in [0.29, 0.717) is 11.4 Å². The third-order valence-electron chi connectivity index (χ3n) is 5.90. The number of rotatable bonds is 6. The summed E-state index contributed by atoms with van der Waals surface area (Å²) in [4.78, 5) is 48.8. The van der Waals surface area contributed by atoms with Gasteiger partial charge < -0.3 is 30.1 Å². The Hall–Kier alpha value is -5.72. The van der Waals surface area contributed by atoms with Crippen LogP contribution >= 0.6 is 0 Å². The number of carboxylic acid groups (broad SMARTS) is 1. The van der Waals surface area contributed by atoms with Gasteiger partial charge in [-0.05, 0) is 90.1 Å². The number of anilines is 3. The number of aromatic carboxylic acids is 1. The first-order chi connectivity index (χ1) is 21.5. The summed E-state index contributed by atoms with van der Waals surface area (Å²) in [5.41, 5.74) is -0.0834. The lowest BCUT2D eigenvalue weighted by Gasteiger charge is -2.36. The van der Waals surface area contributed by atoms with E-state index in [0.717, 1.165) is 18.2 Å². The third kappa shape index (κ3) is 9.64. The molecule has 0 radical (unpaired) electrons. The number of carbonyl (C=O) groups is 4. The van der Waals surface area contributed by atoms with Crippen molar-refractivity contribution in [1.29, 1.82) is 0 Å². The van der Waals surface area contributed by atoms with Crippen LogP contribution in [0, 0.1) is 5.82 Å². The average Bonchev–Trinajstić information content (AvgIpc) is 3.48. The molecule has 0 spiro atoms. The minimum atomic E-state index is -1.28. The van der Waals surface area contributed by atoms with Crippen LogP contribution in [0.4, 0.5) is 26.2 Å². The van der Waals surface area contributed by atoms with Crippen LogP contribution < -0.4 is 15.5 Å². The molecule has 242 valence electrons. The summed E-state index contributed by atoms with van der Waals surface area (Å²) in [5.74, 6) is -3.39. The Balaban J connectivity index is 0.000000259. The topological polar surface area (TPSA) is 171 Å². The fourth-order valence-corrected chi connectivity index (χ4v) is 3.93. The maximum absolute atomic E-state index is 13.4. The van der Waals surface area contributed by atoms with Gasteiger partial charge in [0.25, 0.3) is 11.8 Å². The number of carboxylic acids is 1. The van der Waals surface area contributed by atoms with Crippen molar-refractivity contribution in [2.75, 3.05) is 15.5 Å². The molecule has 1 heterocycles. The minimum absolute atomic E-state index is 0.124. The zero-order chi connectivity index (χ0) is 34.2. The number of ether oxygens (including phenoxy) is 1. The number of aromatic nitrogens is 1. The monoisotopic (exact) mass is 634 g/mol. The highest BCUT2D eigenvalue weighted by molar-refractivity contribution is 6.05. The van der Waals surface area contributed by atoms with Crippen LogP contribution in [0.25, 0.3) is 0 Å².